The molecule has 0 amide bonds. The van der Waals surface area contributed by atoms with Gasteiger partial charge in [0, 0.05) is 5.56 Å². The molecule has 1 aromatic carbocycles. The minimum Gasteiger partial charge on any atom is -0.478 e. The van der Waals surface area contributed by atoms with Crippen LogP contribution >= 0.6 is 23.2 Å². The van der Waals surface area contributed by atoms with Crippen LogP contribution in [0.3, 0.4) is 0 Å². The summed E-state index contributed by atoms with van der Waals surface area (Å²) in [4.78, 5) is 9.82. The molecule has 0 aliphatic heterocycles. The van der Waals surface area contributed by atoms with Crippen molar-refractivity contribution < 1.29 is 9.90 Å². The van der Waals surface area contributed by atoms with Gasteiger partial charge in [-0.2, -0.15) is 0 Å². The highest BCUT2D eigenvalue weighted by Gasteiger charge is 2.14. The first kappa shape index (κ1) is 10.2. The van der Waals surface area contributed by atoms with Gasteiger partial charge in [0.15, 0.2) is 0 Å². The number of aromatic carboxylic acids is 1. The summed E-state index contributed by atoms with van der Waals surface area (Å²) in [5, 5.41) is 8.71. The van der Waals surface area contributed by atoms with Crippen molar-refractivity contribution in [1.82, 2.24) is 0 Å². The minimum atomic E-state index is -1.09. The predicted octanol–water partition coefficient (Wildman–Crippen LogP) is 2.44. The van der Waals surface area contributed by atoms with Crippen molar-refractivity contribution >= 4 is 34.9 Å². The van der Waals surface area contributed by atoms with Crippen molar-refractivity contribution in [1.29, 1.82) is 0 Å². The third-order valence-electron chi connectivity index (χ3n) is 1.61. The second kappa shape index (κ2) is 3.85. The zero-order valence-corrected chi connectivity index (χ0v) is 8.01. The molecule has 0 bridgehead atoms. The minimum absolute atomic E-state index is 0.0174. The Morgan fingerprint density at radius 1 is 1.46 bits per heavy atom. The van der Waals surface area contributed by atoms with Gasteiger partial charge in [-0.1, -0.05) is 35.3 Å². The summed E-state index contributed by atoms with van der Waals surface area (Å²) in [6, 6.07) is 4.54. The molecule has 0 fully saturated rings. The Bertz CT molecular complexity index is 339. The Hall–Kier alpha value is -0.930. The highest BCUT2D eigenvalue weighted by atomic mass is 35.5. The third kappa shape index (κ3) is 2.05. The van der Waals surface area contributed by atoms with Crippen LogP contribution in [0.4, 0.5) is 5.69 Å². The van der Waals surface area contributed by atoms with Crippen LogP contribution in [0.5, 0.6) is 0 Å². The molecular weight excluding hydrogens is 213 g/mol. The Labute approximate surface area is 85.1 Å². The molecule has 1 aromatic rings. The fourth-order valence-electron chi connectivity index (χ4n) is 0.960. The van der Waals surface area contributed by atoms with E-state index >= 15 is 0 Å². The molecule has 0 aliphatic carbocycles. The maximum atomic E-state index is 10.6. The van der Waals surface area contributed by atoms with Crippen LogP contribution in [-0.2, 0) is 0 Å². The largest absolute Gasteiger partial charge is 0.478 e. The molecule has 5 heteroatoms. The van der Waals surface area contributed by atoms with E-state index in [2.05, 4.69) is 0 Å². The summed E-state index contributed by atoms with van der Waals surface area (Å²) in [5.41, 5.74) is 6.09. The van der Waals surface area contributed by atoms with Crippen LogP contribution in [0.1, 0.15) is 20.8 Å². The van der Waals surface area contributed by atoms with E-state index in [0.717, 1.165) is 0 Å². The number of nitrogen functional groups attached to an aromatic ring is 1. The Kier molecular flexibility index (Phi) is 3.01. The zero-order chi connectivity index (χ0) is 10.0. The van der Waals surface area contributed by atoms with Gasteiger partial charge in [0.25, 0.3) is 0 Å². The summed E-state index contributed by atoms with van der Waals surface area (Å²) in [7, 11) is 0. The first-order valence-corrected chi connectivity index (χ1v) is 4.31. The maximum absolute atomic E-state index is 10.6. The molecule has 0 aromatic heterocycles. The Morgan fingerprint density at radius 2 is 2.08 bits per heavy atom. The number of carboxylic acids is 1. The van der Waals surface area contributed by atoms with Crippen LogP contribution in [0.15, 0.2) is 18.2 Å². The zero-order valence-electron chi connectivity index (χ0n) is 6.50. The number of hydrogen-bond acceptors (Lipinski definition) is 2. The molecule has 3 nitrogen and oxygen atoms in total. The van der Waals surface area contributed by atoms with E-state index in [0.29, 0.717) is 5.56 Å². The summed E-state index contributed by atoms with van der Waals surface area (Å²) in [6.45, 7) is 0. The third-order valence-corrected chi connectivity index (χ3v) is 2.08. The summed E-state index contributed by atoms with van der Waals surface area (Å²) >= 11 is 11.2. The van der Waals surface area contributed by atoms with E-state index in [1.54, 1.807) is 12.1 Å². The van der Waals surface area contributed by atoms with Crippen LogP contribution in [0.25, 0.3) is 0 Å². The number of nitrogens with two attached hydrogens (primary N) is 1. The van der Waals surface area contributed by atoms with Crippen molar-refractivity contribution in [2.75, 3.05) is 5.73 Å². The number of para-hydroxylation sites is 1. The number of rotatable bonds is 2. The van der Waals surface area contributed by atoms with Crippen molar-refractivity contribution in [2.24, 2.45) is 0 Å². The lowest BCUT2D eigenvalue weighted by atomic mass is 10.1. The molecule has 0 radical (unpaired) electrons. The van der Waals surface area contributed by atoms with E-state index < -0.39 is 10.8 Å². The molecule has 0 aliphatic rings. The van der Waals surface area contributed by atoms with Gasteiger partial charge < -0.3 is 10.8 Å². The first-order valence-electron chi connectivity index (χ1n) is 3.44. The normalized spacial score (nSPS) is 10.4. The topological polar surface area (TPSA) is 63.3 Å². The van der Waals surface area contributed by atoms with Crippen LogP contribution in [0.2, 0.25) is 0 Å². The number of benzene rings is 1. The molecule has 0 saturated carbocycles. The van der Waals surface area contributed by atoms with Gasteiger partial charge in [0.2, 0.25) is 0 Å². The van der Waals surface area contributed by atoms with Gasteiger partial charge in [-0.05, 0) is 6.07 Å². The van der Waals surface area contributed by atoms with Gasteiger partial charge in [0.1, 0.15) is 4.84 Å². The maximum Gasteiger partial charge on any atom is 0.337 e. The molecule has 0 atom stereocenters. The average Bonchev–Trinajstić information content (AvgIpc) is 2.03. The van der Waals surface area contributed by atoms with E-state index in [1.807, 2.05) is 0 Å². The molecule has 0 saturated heterocycles. The second-order valence-electron chi connectivity index (χ2n) is 2.41. The van der Waals surface area contributed by atoms with Crippen molar-refractivity contribution in [3.05, 3.63) is 29.3 Å². The molecule has 70 valence electrons. The summed E-state index contributed by atoms with van der Waals surface area (Å²) < 4.78 is 0. The number of carboxylic acid groups (broad SMARTS) is 1. The van der Waals surface area contributed by atoms with E-state index in [9.17, 15) is 4.79 Å². The Balaban J connectivity index is 3.26. The fourth-order valence-corrected chi connectivity index (χ4v) is 1.34. The lowest BCUT2D eigenvalue weighted by Crippen LogP contribution is -2.05. The number of alkyl halides is 2. The monoisotopic (exact) mass is 219 g/mol. The van der Waals surface area contributed by atoms with Gasteiger partial charge in [-0.3, -0.25) is 0 Å². The number of halogens is 2. The lowest BCUT2D eigenvalue weighted by molar-refractivity contribution is 0.0698. The average molecular weight is 220 g/mol. The molecule has 13 heavy (non-hydrogen) atoms. The highest BCUT2D eigenvalue weighted by molar-refractivity contribution is 6.44. The lowest BCUT2D eigenvalue weighted by Gasteiger charge is -2.07. The molecule has 0 unspecified atom stereocenters. The van der Waals surface area contributed by atoms with E-state index in [1.165, 1.54) is 6.07 Å². The van der Waals surface area contributed by atoms with Crippen molar-refractivity contribution in [3.63, 3.8) is 0 Å². The number of carbonyl (C=O) groups is 1. The first-order chi connectivity index (χ1) is 6.04. The highest BCUT2D eigenvalue weighted by Crippen LogP contribution is 2.31. The Morgan fingerprint density at radius 3 is 2.54 bits per heavy atom. The van der Waals surface area contributed by atoms with Crippen LogP contribution in [-0.4, -0.2) is 11.1 Å². The predicted molar refractivity (Wildman–Crippen MR) is 52.3 cm³/mol. The van der Waals surface area contributed by atoms with Crippen molar-refractivity contribution in [2.45, 2.75) is 4.84 Å². The smallest absolute Gasteiger partial charge is 0.337 e. The molecule has 3 N–H and O–H groups in total. The van der Waals surface area contributed by atoms with Gasteiger partial charge in [-0.15, -0.1) is 0 Å². The van der Waals surface area contributed by atoms with Gasteiger partial charge in [-0.25, -0.2) is 4.79 Å². The second-order valence-corrected chi connectivity index (χ2v) is 3.51. The number of hydrogen-bond donors (Lipinski definition) is 2. The molecule has 1 rings (SSSR count). The van der Waals surface area contributed by atoms with Crippen LogP contribution < -0.4 is 5.73 Å². The SMILES string of the molecule is Nc1c(C(=O)O)cccc1C(Cl)Cl. The summed E-state index contributed by atoms with van der Waals surface area (Å²) in [6.07, 6.45) is 0. The standard InChI is InChI=1S/C8H7Cl2NO2/c9-7(10)4-2-1-3-5(6(4)11)8(12)13/h1-3,7H,11H2,(H,12,13). The molecular formula is C8H7Cl2NO2. The van der Waals surface area contributed by atoms with E-state index in [4.69, 9.17) is 34.0 Å². The van der Waals surface area contributed by atoms with Crippen molar-refractivity contribution in [3.8, 4) is 0 Å². The van der Waals surface area contributed by atoms with E-state index in [-0.39, 0.29) is 11.3 Å². The fraction of sp³-hybridized carbons (Fsp3) is 0.125. The van der Waals surface area contributed by atoms with Gasteiger partial charge in [0.05, 0.1) is 11.3 Å². The van der Waals surface area contributed by atoms with Gasteiger partial charge >= 0.3 is 5.97 Å². The summed E-state index contributed by atoms with van der Waals surface area (Å²) in [5.74, 6) is -1.09. The quantitative estimate of drug-likeness (QED) is 0.594. The molecule has 0 heterocycles. The van der Waals surface area contributed by atoms with Crippen LogP contribution in [0, 0.1) is 0 Å². The number of anilines is 1. The molecule has 0 spiro atoms.